The van der Waals surface area contributed by atoms with E-state index in [1.807, 2.05) is 0 Å². The number of rotatable bonds is 0. The van der Waals surface area contributed by atoms with Gasteiger partial charge in [0, 0.05) is 0 Å². The molecule has 0 aromatic rings. The van der Waals surface area contributed by atoms with E-state index in [1.54, 1.807) is 0 Å². The largest absolute Gasteiger partial charge is 0.372 e. The zero-order valence-corrected chi connectivity index (χ0v) is 8.82. The first kappa shape index (κ1) is 14.3. The summed E-state index contributed by atoms with van der Waals surface area (Å²) in [6.45, 7) is 4.76. The highest BCUT2D eigenvalue weighted by Gasteiger charge is 2.19. The van der Waals surface area contributed by atoms with Gasteiger partial charge in [-0.15, -0.1) is 12.4 Å². The highest BCUT2D eigenvalue weighted by atomic mass is 35.5. The lowest BCUT2D eigenvalue weighted by Crippen LogP contribution is -2.14. The molecule has 74 valence electrons. The standard InChI is InChI=1S/C8H16.CH3NO.ClH/c1-8(2)6-4-3-5-7-8;2-1-3;/h3-7H2,1-2H3;1H,(H2,2,3);1H. The van der Waals surface area contributed by atoms with Gasteiger partial charge in [0.25, 0.3) is 0 Å². The number of hydrogen-bond acceptors (Lipinski definition) is 1. The molecule has 0 atom stereocenters. The molecule has 0 aromatic carbocycles. The van der Waals surface area contributed by atoms with E-state index in [4.69, 9.17) is 4.79 Å². The molecule has 1 amide bonds. The first-order chi connectivity index (χ1) is 5.12. The summed E-state index contributed by atoms with van der Waals surface area (Å²) < 4.78 is 0. The molecule has 1 rings (SSSR count). The van der Waals surface area contributed by atoms with Gasteiger partial charge in [0.2, 0.25) is 6.41 Å². The van der Waals surface area contributed by atoms with Crippen molar-refractivity contribution in [3.8, 4) is 0 Å². The van der Waals surface area contributed by atoms with E-state index in [-0.39, 0.29) is 18.8 Å². The maximum atomic E-state index is 8.58. The van der Waals surface area contributed by atoms with Gasteiger partial charge in [-0.2, -0.15) is 0 Å². The predicted octanol–water partition coefficient (Wildman–Crippen LogP) is 2.50. The Labute approximate surface area is 81.3 Å². The molecular formula is C9H20ClNO. The minimum atomic E-state index is 0. The molecule has 3 heteroatoms. The Morgan fingerprint density at radius 3 is 1.67 bits per heavy atom. The van der Waals surface area contributed by atoms with Gasteiger partial charge in [0.1, 0.15) is 0 Å². The lowest BCUT2D eigenvalue weighted by atomic mass is 9.78. The predicted molar refractivity (Wildman–Crippen MR) is 54.4 cm³/mol. The molecule has 1 aliphatic rings. The lowest BCUT2D eigenvalue weighted by Gasteiger charge is -2.28. The summed E-state index contributed by atoms with van der Waals surface area (Å²) in [5, 5.41) is 0. The van der Waals surface area contributed by atoms with E-state index in [9.17, 15) is 0 Å². The van der Waals surface area contributed by atoms with Gasteiger partial charge in [-0.25, -0.2) is 0 Å². The topological polar surface area (TPSA) is 43.1 Å². The first-order valence-electron chi connectivity index (χ1n) is 4.28. The summed E-state index contributed by atoms with van der Waals surface area (Å²) in [4.78, 5) is 8.58. The summed E-state index contributed by atoms with van der Waals surface area (Å²) in [6, 6.07) is 0. The van der Waals surface area contributed by atoms with Crippen molar-refractivity contribution in [2.45, 2.75) is 46.0 Å². The van der Waals surface area contributed by atoms with Crippen molar-refractivity contribution in [2.75, 3.05) is 0 Å². The van der Waals surface area contributed by atoms with Crippen LogP contribution in [0.2, 0.25) is 0 Å². The molecule has 0 unspecified atom stereocenters. The van der Waals surface area contributed by atoms with Crippen molar-refractivity contribution >= 4 is 18.8 Å². The van der Waals surface area contributed by atoms with Gasteiger partial charge in [0.05, 0.1) is 0 Å². The minimum Gasteiger partial charge on any atom is -0.372 e. The van der Waals surface area contributed by atoms with Crippen molar-refractivity contribution in [3.63, 3.8) is 0 Å². The molecule has 0 aliphatic heterocycles. The number of carbonyl (C=O) groups is 1. The smallest absolute Gasteiger partial charge is 0.204 e. The number of carbonyl (C=O) groups excluding carboxylic acids is 1. The molecule has 1 fully saturated rings. The zero-order chi connectivity index (χ0) is 8.74. The Kier molecular flexibility index (Phi) is 8.83. The van der Waals surface area contributed by atoms with E-state index in [0.717, 1.165) is 0 Å². The molecule has 1 aliphatic carbocycles. The fourth-order valence-corrected chi connectivity index (χ4v) is 1.51. The third kappa shape index (κ3) is 7.86. The quantitative estimate of drug-likeness (QED) is 0.591. The fourth-order valence-electron chi connectivity index (χ4n) is 1.51. The van der Waals surface area contributed by atoms with Gasteiger partial charge in [-0.05, 0) is 18.3 Å². The molecule has 0 saturated heterocycles. The Morgan fingerprint density at radius 1 is 1.17 bits per heavy atom. The normalized spacial score (nSPS) is 19.5. The second-order valence-electron chi connectivity index (χ2n) is 3.86. The molecule has 2 N–H and O–H groups in total. The van der Waals surface area contributed by atoms with E-state index in [2.05, 4.69) is 19.6 Å². The molecular weight excluding hydrogens is 174 g/mol. The van der Waals surface area contributed by atoms with Crippen LogP contribution in [0.4, 0.5) is 0 Å². The third-order valence-corrected chi connectivity index (χ3v) is 2.21. The third-order valence-electron chi connectivity index (χ3n) is 2.21. The lowest BCUT2D eigenvalue weighted by molar-refractivity contribution is -0.106. The van der Waals surface area contributed by atoms with Crippen LogP contribution in [-0.4, -0.2) is 6.41 Å². The summed E-state index contributed by atoms with van der Waals surface area (Å²) in [7, 11) is 0. The maximum Gasteiger partial charge on any atom is 0.204 e. The van der Waals surface area contributed by atoms with E-state index < -0.39 is 0 Å². The first-order valence-corrected chi connectivity index (χ1v) is 4.28. The van der Waals surface area contributed by atoms with Crippen molar-refractivity contribution < 1.29 is 4.79 Å². The molecule has 2 nitrogen and oxygen atoms in total. The Morgan fingerprint density at radius 2 is 1.50 bits per heavy atom. The molecule has 0 bridgehead atoms. The molecule has 0 spiro atoms. The SMILES string of the molecule is CC1(C)CCCCC1.Cl.NC=O. The van der Waals surface area contributed by atoms with Crippen LogP contribution in [0, 0.1) is 5.41 Å². The molecule has 0 heterocycles. The Bertz CT molecular complexity index is 107. The van der Waals surface area contributed by atoms with Gasteiger partial charge >= 0.3 is 0 Å². The molecule has 0 aromatic heterocycles. The minimum absolute atomic E-state index is 0. The fraction of sp³-hybridized carbons (Fsp3) is 0.889. The number of hydrogen-bond donors (Lipinski definition) is 1. The van der Waals surface area contributed by atoms with Crippen LogP contribution in [0.1, 0.15) is 46.0 Å². The average Bonchev–Trinajstić information content (AvgIpc) is 1.88. The van der Waals surface area contributed by atoms with Gasteiger partial charge in [-0.3, -0.25) is 4.79 Å². The highest BCUT2D eigenvalue weighted by molar-refractivity contribution is 5.85. The van der Waals surface area contributed by atoms with Crippen molar-refractivity contribution in [1.82, 2.24) is 0 Å². The average molecular weight is 194 g/mol. The van der Waals surface area contributed by atoms with Crippen LogP contribution in [0.15, 0.2) is 0 Å². The van der Waals surface area contributed by atoms with Crippen LogP contribution in [0.5, 0.6) is 0 Å². The highest BCUT2D eigenvalue weighted by Crippen LogP contribution is 2.34. The monoisotopic (exact) mass is 193 g/mol. The van der Waals surface area contributed by atoms with Gasteiger partial charge < -0.3 is 5.73 Å². The summed E-state index contributed by atoms with van der Waals surface area (Å²) in [5.74, 6) is 0. The number of primary amides is 1. The number of amides is 1. The van der Waals surface area contributed by atoms with Crippen LogP contribution >= 0.6 is 12.4 Å². The van der Waals surface area contributed by atoms with Crippen LogP contribution in [-0.2, 0) is 4.79 Å². The zero-order valence-electron chi connectivity index (χ0n) is 8.01. The molecule has 0 radical (unpaired) electrons. The second kappa shape index (κ2) is 7.41. The van der Waals surface area contributed by atoms with E-state index in [0.29, 0.717) is 5.41 Å². The van der Waals surface area contributed by atoms with E-state index >= 15 is 0 Å². The number of nitrogens with two attached hydrogens (primary N) is 1. The second-order valence-corrected chi connectivity index (χ2v) is 3.86. The van der Waals surface area contributed by atoms with Crippen LogP contribution in [0.3, 0.4) is 0 Å². The van der Waals surface area contributed by atoms with Gasteiger partial charge in [0.15, 0.2) is 0 Å². The molecule has 1 saturated carbocycles. The molecule has 12 heavy (non-hydrogen) atoms. The summed E-state index contributed by atoms with van der Waals surface area (Å²) in [6.07, 6.45) is 7.56. The van der Waals surface area contributed by atoms with Crippen molar-refractivity contribution in [3.05, 3.63) is 0 Å². The maximum absolute atomic E-state index is 8.58. The Hall–Kier alpha value is -0.240. The van der Waals surface area contributed by atoms with Crippen molar-refractivity contribution in [2.24, 2.45) is 11.1 Å². The number of halogens is 1. The summed E-state index contributed by atoms with van der Waals surface area (Å²) in [5.41, 5.74) is 4.85. The summed E-state index contributed by atoms with van der Waals surface area (Å²) >= 11 is 0. The van der Waals surface area contributed by atoms with Crippen molar-refractivity contribution in [1.29, 1.82) is 0 Å². The van der Waals surface area contributed by atoms with Crippen LogP contribution in [0.25, 0.3) is 0 Å². The van der Waals surface area contributed by atoms with E-state index in [1.165, 1.54) is 32.1 Å². The van der Waals surface area contributed by atoms with Gasteiger partial charge in [-0.1, -0.05) is 33.1 Å². The van der Waals surface area contributed by atoms with Crippen LogP contribution < -0.4 is 5.73 Å². The Balaban J connectivity index is 0.